The Labute approximate surface area is 119 Å². The summed E-state index contributed by atoms with van der Waals surface area (Å²) in [5, 5.41) is 12.1. The van der Waals surface area contributed by atoms with Gasteiger partial charge in [-0.15, -0.1) is 0 Å². The lowest BCUT2D eigenvalue weighted by molar-refractivity contribution is 0.594. The maximum atomic E-state index is 4.43. The minimum Gasteiger partial charge on any atom is -0.338 e. The van der Waals surface area contributed by atoms with Crippen LogP contribution in [0.15, 0.2) is 48.5 Å². The van der Waals surface area contributed by atoms with Crippen molar-refractivity contribution < 1.29 is 0 Å². The first-order valence-corrected chi connectivity index (χ1v) is 6.85. The van der Waals surface area contributed by atoms with E-state index in [4.69, 9.17) is 0 Å². The molecule has 0 unspecified atom stereocenters. The molecule has 0 amide bonds. The Hall–Kier alpha value is -2.29. The quantitative estimate of drug-likeness (QED) is 0.710. The smallest absolute Gasteiger partial charge is 0.160 e. The minimum absolute atomic E-state index is 0.0933. The highest BCUT2D eigenvalue weighted by molar-refractivity contribution is 5.93. The topological polar surface area (TPSA) is 40.7 Å². The van der Waals surface area contributed by atoms with Crippen LogP contribution in [0.3, 0.4) is 0 Å². The van der Waals surface area contributed by atoms with E-state index in [2.05, 4.69) is 54.5 Å². The van der Waals surface area contributed by atoms with Crippen LogP contribution >= 0.6 is 0 Å². The van der Waals surface area contributed by atoms with Crippen LogP contribution in [-0.2, 0) is 5.41 Å². The van der Waals surface area contributed by atoms with E-state index in [0.29, 0.717) is 0 Å². The summed E-state index contributed by atoms with van der Waals surface area (Å²) < 4.78 is 0. The summed E-state index contributed by atoms with van der Waals surface area (Å²) >= 11 is 0. The van der Waals surface area contributed by atoms with E-state index in [-0.39, 0.29) is 5.41 Å². The Morgan fingerprint density at radius 3 is 2.40 bits per heavy atom. The molecular formula is C17H19N3. The van der Waals surface area contributed by atoms with Crippen LogP contribution in [0.2, 0.25) is 0 Å². The van der Waals surface area contributed by atoms with Gasteiger partial charge in [-0.05, 0) is 29.2 Å². The third kappa shape index (κ3) is 2.27. The molecule has 0 spiro atoms. The molecule has 0 saturated carbocycles. The summed E-state index contributed by atoms with van der Waals surface area (Å²) in [4.78, 5) is 0. The molecule has 0 radical (unpaired) electrons. The van der Waals surface area contributed by atoms with E-state index in [1.54, 1.807) is 0 Å². The van der Waals surface area contributed by atoms with Gasteiger partial charge >= 0.3 is 0 Å². The van der Waals surface area contributed by atoms with Crippen molar-refractivity contribution in [2.24, 2.45) is 0 Å². The zero-order valence-corrected chi connectivity index (χ0v) is 12.1. The van der Waals surface area contributed by atoms with Crippen molar-refractivity contribution in [3.63, 3.8) is 0 Å². The molecule has 0 aliphatic heterocycles. The predicted molar refractivity (Wildman–Crippen MR) is 84.5 cm³/mol. The van der Waals surface area contributed by atoms with Gasteiger partial charge in [0.1, 0.15) is 0 Å². The van der Waals surface area contributed by atoms with Gasteiger partial charge in [0, 0.05) is 11.1 Å². The largest absolute Gasteiger partial charge is 0.338 e. The van der Waals surface area contributed by atoms with Crippen molar-refractivity contribution in [2.45, 2.75) is 26.2 Å². The number of para-hydroxylation sites is 2. The van der Waals surface area contributed by atoms with Gasteiger partial charge in [-0.2, -0.15) is 5.10 Å². The number of rotatable bonds is 2. The molecule has 0 fully saturated rings. The van der Waals surface area contributed by atoms with E-state index < -0.39 is 0 Å². The zero-order valence-electron chi connectivity index (χ0n) is 12.1. The fourth-order valence-corrected chi connectivity index (χ4v) is 2.42. The van der Waals surface area contributed by atoms with Gasteiger partial charge in [-0.1, -0.05) is 51.1 Å². The average molecular weight is 265 g/mol. The lowest BCUT2D eigenvalue weighted by atomic mass is 9.86. The van der Waals surface area contributed by atoms with Crippen LogP contribution in [0.25, 0.3) is 10.9 Å². The fraction of sp³-hybridized carbons (Fsp3) is 0.235. The molecule has 0 atom stereocenters. The zero-order chi connectivity index (χ0) is 14.2. The maximum absolute atomic E-state index is 4.43. The maximum Gasteiger partial charge on any atom is 0.160 e. The highest BCUT2D eigenvalue weighted by Gasteiger charge is 2.19. The van der Waals surface area contributed by atoms with Crippen molar-refractivity contribution in [2.75, 3.05) is 5.32 Å². The number of aromatic amines is 1. The lowest BCUT2D eigenvalue weighted by Gasteiger charge is -2.19. The van der Waals surface area contributed by atoms with Crippen LogP contribution < -0.4 is 5.32 Å². The SMILES string of the molecule is CC(C)(C)c1cccc2c(Nc3ccccc3)n[nH]c12. The van der Waals surface area contributed by atoms with Crippen molar-refractivity contribution in [1.82, 2.24) is 10.2 Å². The van der Waals surface area contributed by atoms with Crippen LogP contribution in [0, 0.1) is 0 Å². The summed E-state index contributed by atoms with van der Waals surface area (Å²) in [5.41, 5.74) is 3.53. The molecule has 0 aliphatic rings. The third-order valence-corrected chi connectivity index (χ3v) is 3.44. The van der Waals surface area contributed by atoms with Gasteiger partial charge in [-0.25, -0.2) is 0 Å². The van der Waals surface area contributed by atoms with E-state index in [1.807, 2.05) is 30.3 Å². The van der Waals surface area contributed by atoms with Gasteiger partial charge in [0.2, 0.25) is 0 Å². The number of benzene rings is 2. The van der Waals surface area contributed by atoms with E-state index >= 15 is 0 Å². The second-order valence-corrected chi connectivity index (χ2v) is 6.04. The van der Waals surface area contributed by atoms with Gasteiger partial charge < -0.3 is 5.32 Å². The summed E-state index contributed by atoms with van der Waals surface area (Å²) in [7, 11) is 0. The van der Waals surface area contributed by atoms with Crippen LogP contribution in [0.5, 0.6) is 0 Å². The highest BCUT2D eigenvalue weighted by atomic mass is 15.2. The van der Waals surface area contributed by atoms with Crippen molar-refractivity contribution in [1.29, 1.82) is 0 Å². The van der Waals surface area contributed by atoms with Crippen LogP contribution in [0.1, 0.15) is 26.3 Å². The third-order valence-electron chi connectivity index (χ3n) is 3.44. The average Bonchev–Trinajstić information content (AvgIpc) is 2.82. The molecule has 1 aromatic heterocycles. The molecule has 2 N–H and O–H groups in total. The number of nitrogens with one attached hydrogen (secondary N) is 2. The van der Waals surface area contributed by atoms with Gasteiger partial charge in [0.15, 0.2) is 5.82 Å². The summed E-state index contributed by atoms with van der Waals surface area (Å²) in [5.74, 6) is 0.873. The molecule has 3 heteroatoms. The Kier molecular flexibility index (Phi) is 2.97. The fourth-order valence-electron chi connectivity index (χ4n) is 2.42. The molecule has 102 valence electrons. The Bertz CT molecular complexity index is 721. The molecule has 3 aromatic rings. The highest BCUT2D eigenvalue weighted by Crippen LogP contribution is 2.32. The van der Waals surface area contributed by atoms with Crippen molar-refractivity contribution in [3.8, 4) is 0 Å². The van der Waals surface area contributed by atoms with Crippen molar-refractivity contribution in [3.05, 3.63) is 54.1 Å². The predicted octanol–water partition coefficient (Wildman–Crippen LogP) is 4.60. The summed E-state index contributed by atoms with van der Waals surface area (Å²) in [6.07, 6.45) is 0. The minimum atomic E-state index is 0.0933. The normalized spacial score (nSPS) is 11.8. The first kappa shape index (κ1) is 12.7. The Morgan fingerprint density at radius 2 is 1.70 bits per heavy atom. The number of hydrogen-bond donors (Lipinski definition) is 2. The number of fused-ring (bicyclic) bond motifs is 1. The van der Waals surface area contributed by atoms with E-state index in [9.17, 15) is 0 Å². The van der Waals surface area contributed by atoms with E-state index in [0.717, 1.165) is 22.4 Å². The Morgan fingerprint density at radius 1 is 0.950 bits per heavy atom. The number of anilines is 2. The molecule has 3 rings (SSSR count). The van der Waals surface area contributed by atoms with Gasteiger partial charge in [0.25, 0.3) is 0 Å². The molecule has 0 aliphatic carbocycles. The molecule has 20 heavy (non-hydrogen) atoms. The van der Waals surface area contributed by atoms with Crippen molar-refractivity contribution >= 4 is 22.4 Å². The first-order valence-electron chi connectivity index (χ1n) is 6.85. The molecular weight excluding hydrogens is 246 g/mol. The van der Waals surface area contributed by atoms with E-state index in [1.165, 1.54) is 5.56 Å². The standard InChI is InChI=1S/C17H19N3/c1-17(2,3)14-11-7-10-13-15(14)19-20-16(13)18-12-8-5-4-6-9-12/h4-11H,1-3H3,(H2,18,19,20). The monoisotopic (exact) mass is 265 g/mol. The van der Waals surface area contributed by atoms with Crippen LogP contribution in [-0.4, -0.2) is 10.2 Å². The molecule has 1 heterocycles. The second kappa shape index (κ2) is 4.67. The summed E-state index contributed by atoms with van der Waals surface area (Å²) in [6, 6.07) is 16.4. The number of H-pyrrole nitrogens is 1. The lowest BCUT2D eigenvalue weighted by Crippen LogP contribution is -2.11. The first-order chi connectivity index (χ1) is 9.55. The number of nitrogens with zero attached hydrogens (tertiary/aromatic N) is 1. The Balaban J connectivity index is 2.07. The molecule has 3 nitrogen and oxygen atoms in total. The van der Waals surface area contributed by atoms with Crippen LogP contribution in [0.4, 0.5) is 11.5 Å². The number of aromatic nitrogens is 2. The molecule has 2 aromatic carbocycles. The van der Waals surface area contributed by atoms with Gasteiger partial charge in [0.05, 0.1) is 5.52 Å². The second-order valence-electron chi connectivity index (χ2n) is 6.04. The molecule has 0 saturated heterocycles. The van der Waals surface area contributed by atoms with Gasteiger partial charge in [-0.3, -0.25) is 5.10 Å². The molecule has 0 bridgehead atoms. The number of hydrogen-bond acceptors (Lipinski definition) is 2. The summed E-state index contributed by atoms with van der Waals surface area (Å²) in [6.45, 7) is 6.65.